The van der Waals surface area contributed by atoms with Gasteiger partial charge in [0.15, 0.2) is 0 Å². The zero-order chi connectivity index (χ0) is 8.39. The monoisotopic (exact) mass is 161 g/mol. The molecule has 0 saturated carbocycles. The number of hydrogen-bond donors (Lipinski definition) is 1. The third-order valence-corrected chi connectivity index (χ3v) is 1.89. The van der Waals surface area contributed by atoms with E-state index in [1.165, 1.54) is 0 Å². The number of nitrogens with two attached hydrogens (primary N) is 1. The summed E-state index contributed by atoms with van der Waals surface area (Å²) in [6, 6.07) is 9.95. The van der Waals surface area contributed by atoms with Crippen LogP contribution in [0.4, 0.5) is 5.69 Å². The van der Waals surface area contributed by atoms with E-state index >= 15 is 0 Å². The van der Waals surface area contributed by atoms with Gasteiger partial charge in [0.2, 0.25) is 0 Å². The van der Waals surface area contributed by atoms with Gasteiger partial charge >= 0.3 is 0 Å². The first kappa shape index (κ1) is 7.31. The molecule has 2 N–H and O–H groups in total. The standard InChI is InChI=1S/C9H11N3/c10-9-6-7-11-12(9)8-4-2-1-3-5-8/h1-5,7,9H,6,10H2. The average molecular weight is 161 g/mol. The molecule has 0 saturated heterocycles. The molecule has 1 aromatic carbocycles. The summed E-state index contributed by atoms with van der Waals surface area (Å²) in [6.07, 6.45) is 2.68. The Bertz CT molecular complexity index is 281. The van der Waals surface area contributed by atoms with Crippen molar-refractivity contribution in [1.82, 2.24) is 0 Å². The summed E-state index contributed by atoms with van der Waals surface area (Å²) in [4.78, 5) is 0. The summed E-state index contributed by atoms with van der Waals surface area (Å²) in [5, 5.41) is 6.00. The predicted molar refractivity (Wildman–Crippen MR) is 50.0 cm³/mol. The van der Waals surface area contributed by atoms with E-state index in [2.05, 4.69) is 5.10 Å². The Morgan fingerprint density at radius 1 is 1.33 bits per heavy atom. The maximum atomic E-state index is 5.81. The first-order valence-electron chi connectivity index (χ1n) is 4.00. The first-order chi connectivity index (χ1) is 5.88. The number of nitrogens with zero attached hydrogens (tertiary/aromatic N) is 2. The normalized spacial score (nSPS) is 21.8. The van der Waals surface area contributed by atoms with Crippen molar-refractivity contribution in [2.45, 2.75) is 12.6 Å². The lowest BCUT2D eigenvalue weighted by Gasteiger charge is -2.19. The molecule has 0 spiro atoms. The Morgan fingerprint density at radius 2 is 2.08 bits per heavy atom. The second-order valence-electron chi connectivity index (χ2n) is 2.78. The molecule has 1 aromatic rings. The maximum absolute atomic E-state index is 5.81. The van der Waals surface area contributed by atoms with Gasteiger partial charge in [-0.3, -0.25) is 0 Å². The highest BCUT2D eigenvalue weighted by Crippen LogP contribution is 2.18. The summed E-state index contributed by atoms with van der Waals surface area (Å²) in [5.74, 6) is 0. The molecule has 0 amide bonds. The number of hydrogen-bond acceptors (Lipinski definition) is 3. The van der Waals surface area contributed by atoms with Crippen molar-refractivity contribution in [3.63, 3.8) is 0 Å². The van der Waals surface area contributed by atoms with E-state index in [1.54, 1.807) is 0 Å². The molecular weight excluding hydrogens is 150 g/mol. The zero-order valence-electron chi connectivity index (χ0n) is 6.72. The summed E-state index contributed by atoms with van der Waals surface area (Å²) >= 11 is 0. The van der Waals surface area contributed by atoms with Crippen molar-refractivity contribution in [3.05, 3.63) is 30.3 Å². The van der Waals surface area contributed by atoms with Crippen LogP contribution in [0.1, 0.15) is 6.42 Å². The van der Waals surface area contributed by atoms with Gasteiger partial charge in [0.05, 0.1) is 5.69 Å². The molecule has 0 aromatic heterocycles. The van der Waals surface area contributed by atoms with Crippen molar-refractivity contribution < 1.29 is 0 Å². The lowest BCUT2D eigenvalue weighted by molar-refractivity contribution is 0.693. The molecule has 1 atom stereocenters. The minimum absolute atomic E-state index is 0.00685. The van der Waals surface area contributed by atoms with E-state index in [0.717, 1.165) is 12.1 Å². The Hall–Kier alpha value is -1.35. The highest BCUT2D eigenvalue weighted by atomic mass is 15.5. The molecule has 1 heterocycles. The summed E-state index contributed by atoms with van der Waals surface area (Å²) in [6.45, 7) is 0. The van der Waals surface area contributed by atoms with Gasteiger partial charge in [-0.1, -0.05) is 18.2 Å². The predicted octanol–water partition coefficient (Wildman–Crippen LogP) is 1.17. The van der Waals surface area contributed by atoms with Gasteiger partial charge < -0.3 is 5.73 Å². The molecule has 0 aliphatic carbocycles. The highest BCUT2D eigenvalue weighted by Gasteiger charge is 2.16. The van der Waals surface area contributed by atoms with E-state index in [9.17, 15) is 0 Å². The minimum atomic E-state index is 0.00685. The van der Waals surface area contributed by atoms with E-state index in [0.29, 0.717) is 0 Å². The van der Waals surface area contributed by atoms with Crippen LogP contribution in [0.25, 0.3) is 0 Å². The van der Waals surface area contributed by atoms with Crippen molar-refractivity contribution >= 4 is 11.9 Å². The molecule has 1 aliphatic heterocycles. The second kappa shape index (κ2) is 2.95. The van der Waals surface area contributed by atoms with Crippen LogP contribution in [0.5, 0.6) is 0 Å². The first-order valence-corrected chi connectivity index (χ1v) is 4.00. The molecule has 1 unspecified atom stereocenters. The van der Waals surface area contributed by atoms with Gasteiger partial charge in [-0.25, -0.2) is 5.01 Å². The van der Waals surface area contributed by atoms with Crippen molar-refractivity contribution in [2.75, 3.05) is 5.01 Å². The summed E-state index contributed by atoms with van der Waals surface area (Å²) < 4.78 is 0. The topological polar surface area (TPSA) is 41.6 Å². The van der Waals surface area contributed by atoms with Gasteiger partial charge in [-0.2, -0.15) is 5.10 Å². The van der Waals surface area contributed by atoms with Crippen LogP contribution in [-0.4, -0.2) is 12.4 Å². The highest BCUT2D eigenvalue weighted by molar-refractivity contribution is 5.66. The van der Waals surface area contributed by atoms with Crippen LogP contribution in [0, 0.1) is 0 Å². The van der Waals surface area contributed by atoms with E-state index in [1.807, 2.05) is 41.6 Å². The molecule has 0 bridgehead atoms. The fraction of sp³-hybridized carbons (Fsp3) is 0.222. The van der Waals surface area contributed by atoms with Crippen molar-refractivity contribution in [1.29, 1.82) is 0 Å². The molecule has 2 rings (SSSR count). The fourth-order valence-corrected chi connectivity index (χ4v) is 1.27. The number of para-hydroxylation sites is 1. The van der Waals surface area contributed by atoms with Crippen LogP contribution in [0.3, 0.4) is 0 Å². The molecule has 0 radical (unpaired) electrons. The molecule has 12 heavy (non-hydrogen) atoms. The molecule has 62 valence electrons. The third-order valence-electron chi connectivity index (χ3n) is 1.89. The SMILES string of the molecule is NC1CC=NN1c1ccccc1. The van der Waals surface area contributed by atoms with Crippen LogP contribution in [0.2, 0.25) is 0 Å². The molecule has 3 nitrogen and oxygen atoms in total. The maximum Gasteiger partial charge on any atom is 0.105 e. The number of anilines is 1. The van der Waals surface area contributed by atoms with Gasteiger partial charge in [-0.05, 0) is 12.1 Å². The van der Waals surface area contributed by atoms with Gasteiger partial charge in [-0.15, -0.1) is 0 Å². The van der Waals surface area contributed by atoms with E-state index < -0.39 is 0 Å². The largest absolute Gasteiger partial charge is 0.309 e. The molecular formula is C9H11N3. The third kappa shape index (κ3) is 1.19. The average Bonchev–Trinajstić information content (AvgIpc) is 2.53. The Balaban J connectivity index is 2.25. The van der Waals surface area contributed by atoms with Crippen LogP contribution in [-0.2, 0) is 0 Å². The zero-order valence-corrected chi connectivity index (χ0v) is 6.72. The lowest BCUT2D eigenvalue weighted by atomic mass is 10.3. The van der Waals surface area contributed by atoms with Crippen LogP contribution >= 0.6 is 0 Å². The smallest absolute Gasteiger partial charge is 0.105 e. The van der Waals surface area contributed by atoms with E-state index in [4.69, 9.17) is 5.73 Å². The Kier molecular flexibility index (Phi) is 1.80. The fourth-order valence-electron chi connectivity index (χ4n) is 1.27. The Morgan fingerprint density at radius 3 is 2.67 bits per heavy atom. The van der Waals surface area contributed by atoms with Gasteiger partial charge in [0, 0.05) is 12.6 Å². The van der Waals surface area contributed by atoms with Gasteiger partial charge in [0.25, 0.3) is 0 Å². The second-order valence-corrected chi connectivity index (χ2v) is 2.78. The van der Waals surface area contributed by atoms with Crippen molar-refractivity contribution in [3.8, 4) is 0 Å². The number of rotatable bonds is 1. The van der Waals surface area contributed by atoms with Crippen LogP contribution in [0.15, 0.2) is 35.4 Å². The molecule has 0 fully saturated rings. The Labute approximate surface area is 71.5 Å². The van der Waals surface area contributed by atoms with Crippen LogP contribution < -0.4 is 10.7 Å². The summed E-state index contributed by atoms with van der Waals surface area (Å²) in [7, 11) is 0. The summed E-state index contributed by atoms with van der Waals surface area (Å²) in [5.41, 5.74) is 6.87. The van der Waals surface area contributed by atoms with Gasteiger partial charge in [0.1, 0.15) is 6.17 Å². The minimum Gasteiger partial charge on any atom is -0.309 e. The van der Waals surface area contributed by atoms with Crippen molar-refractivity contribution in [2.24, 2.45) is 10.8 Å². The molecule has 1 aliphatic rings. The molecule has 3 heteroatoms. The van der Waals surface area contributed by atoms with E-state index in [-0.39, 0.29) is 6.17 Å². The number of hydrazone groups is 1. The lowest BCUT2D eigenvalue weighted by Crippen LogP contribution is -2.34. The number of benzene rings is 1. The quantitative estimate of drug-likeness (QED) is 0.671.